The molecule has 1 amide bonds. The van der Waals surface area contributed by atoms with Gasteiger partial charge in [0.25, 0.3) is 5.89 Å². The Labute approximate surface area is 145 Å². The Morgan fingerprint density at radius 2 is 2.08 bits per heavy atom. The SMILES string of the molecule is COCCc1noc(-c2ccccc2OC2CN(C(=O)COC)C2)n1. The van der Waals surface area contributed by atoms with Crippen molar-refractivity contribution >= 4 is 5.91 Å². The molecule has 0 N–H and O–H groups in total. The fourth-order valence-corrected chi connectivity index (χ4v) is 2.51. The van der Waals surface area contributed by atoms with Crippen molar-refractivity contribution in [1.82, 2.24) is 15.0 Å². The molecule has 1 saturated heterocycles. The van der Waals surface area contributed by atoms with Crippen LogP contribution in [0.3, 0.4) is 0 Å². The van der Waals surface area contributed by atoms with E-state index in [9.17, 15) is 4.79 Å². The Kier molecular flexibility index (Phi) is 5.62. The van der Waals surface area contributed by atoms with Crippen molar-refractivity contribution < 1.29 is 23.5 Å². The van der Waals surface area contributed by atoms with E-state index in [2.05, 4.69) is 10.1 Å². The van der Waals surface area contributed by atoms with Crippen molar-refractivity contribution in [3.63, 3.8) is 0 Å². The number of carbonyl (C=O) groups excluding carboxylic acids is 1. The molecule has 0 atom stereocenters. The molecule has 8 nitrogen and oxygen atoms in total. The maximum atomic E-state index is 11.7. The van der Waals surface area contributed by atoms with Crippen LogP contribution in [0.4, 0.5) is 0 Å². The minimum absolute atomic E-state index is 0.0321. The standard InChI is InChI=1S/C17H21N3O5/c1-22-8-7-15-18-17(25-19-15)13-5-3-4-6-14(13)24-12-9-20(10-12)16(21)11-23-2/h3-6,12H,7-11H2,1-2H3. The molecule has 134 valence electrons. The Morgan fingerprint density at radius 1 is 1.28 bits per heavy atom. The molecule has 1 aromatic carbocycles. The summed E-state index contributed by atoms with van der Waals surface area (Å²) in [5.41, 5.74) is 0.736. The van der Waals surface area contributed by atoms with Crippen LogP contribution in [0.1, 0.15) is 5.82 Å². The third-order valence-electron chi connectivity index (χ3n) is 3.88. The predicted molar refractivity (Wildman–Crippen MR) is 88.2 cm³/mol. The second-order valence-electron chi connectivity index (χ2n) is 5.73. The summed E-state index contributed by atoms with van der Waals surface area (Å²) < 4.78 is 21.2. The highest BCUT2D eigenvalue weighted by atomic mass is 16.5. The van der Waals surface area contributed by atoms with Gasteiger partial charge in [0.1, 0.15) is 18.5 Å². The van der Waals surface area contributed by atoms with Crippen LogP contribution in [-0.2, 0) is 20.7 Å². The van der Waals surface area contributed by atoms with Crippen LogP contribution in [0, 0.1) is 0 Å². The summed E-state index contributed by atoms with van der Waals surface area (Å²) in [4.78, 5) is 17.8. The van der Waals surface area contributed by atoms with Gasteiger partial charge in [-0.1, -0.05) is 17.3 Å². The number of nitrogens with zero attached hydrogens (tertiary/aromatic N) is 3. The second kappa shape index (κ2) is 8.09. The molecule has 0 aliphatic carbocycles. The smallest absolute Gasteiger partial charge is 0.261 e. The molecule has 1 aromatic heterocycles. The van der Waals surface area contributed by atoms with Crippen LogP contribution in [0.5, 0.6) is 5.75 Å². The number of carbonyl (C=O) groups is 1. The summed E-state index contributed by atoms with van der Waals surface area (Å²) in [6.45, 7) is 1.71. The van der Waals surface area contributed by atoms with Gasteiger partial charge in [-0.25, -0.2) is 0 Å². The molecule has 25 heavy (non-hydrogen) atoms. The first kappa shape index (κ1) is 17.4. The summed E-state index contributed by atoms with van der Waals surface area (Å²) >= 11 is 0. The molecule has 1 fully saturated rings. The van der Waals surface area contributed by atoms with Crippen LogP contribution in [0.25, 0.3) is 11.5 Å². The summed E-state index contributed by atoms with van der Waals surface area (Å²) in [5.74, 6) is 1.63. The molecule has 8 heteroatoms. The van der Waals surface area contributed by atoms with Gasteiger partial charge in [-0.3, -0.25) is 4.79 Å². The van der Waals surface area contributed by atoms with Gasteiger partial charge in [-0.15, -0.1) is 0 Å². The van der Waals surface area contributed by atoms with E-state index in [1.54, 1.807) is 12.0 Å². The number of ether oxygens (including phenoxy) is 3. The van der Waals surface area contributed by atoms with Crippen LogP contribution >= 0.6 is 0 Å². The van der Waals surface area contributed by atoms with E-state index in [1.165, 1.54) is 7.11 Å². The number of amides is 1. The number of benzene rings is 1. The monoisotopic (exact) mass is 347 g/mol. The van der Waals surface area contributed by atoms with Crippen LogP contribution in [-0.4, -0.2) is 67.6 Å². The topological polar surface area (TPSA) is 86.9 Å². The molecule has 1 aliphatic rings. The number of rotatable bonds is 8. The van der Waals surface area contributed by atoms with E-state index >= 15 is 0 Å². The number of likely N-dealkylation sites (tertiary alicyclic amines) is 1. The molecule has 0 saturated carbocycles. The molecular weight excluding hydrogens is 326 g/mol. The average molecular weight is 347 g/mol. The maximum Gasteiger partial charge on any atom is 0.261 e. The molecule has 1 aliphatic heterocycles. The van der Waals surface area contributed by atoms with E-state index < -0.39 is 0 Å². The lowest BCUT2D eigenvalue weighted by atomic mass is 10.1. The molecular formula is C17H21N3O5. The van der Waals surface area contributed by atoms with Gasteiger partial charge in [-0.2, -0.15) is 4.98 Å². The van der Waals surface area contributed by atoms with Gasteiger partial charge in [-0.05, 0) is 12.1 Å². The Hall–Kier alpha value is -2.45. The van der Waals surface area contributed by atoms with Crippen LogP contribution in [0.2, 0.25) is 0 Å². The van der Waals surface area contributed by atoms with Gasteiger partial charge in [0, 0.05) is 20.6 Å². The number of hydrogen-bond acceptors (Lipinski definition) is 7. The largest absolute Gasteiger partial charge is 0.486 e. The quantitative estimate of drug-likeness (QED) is 0.708. The molecule has 0 unspecified atom stereocenters. The van der Waals surface area contributed by atoms with Crippen molar-refractivity contribution in [1.29, 1.82) is 0 Å². The maximum absolute atomic E-state index is 11.7. The predicted octanol–water partition coefficient (Wildman–Crippen LogP) is 1.16. The van der Waals surface area contributed by atoms with Crippen molar-refractivity contribution in [2.45, 2.75) is 12.5 Å². The Morgan fingerprint density at radius 3 is 2.84 bits per heavy atom. The van der Waals surface area contributed by atoms with Gasteiger partial charge in [0.2, 0.25) is 5.91 Å². The lowest BCUT2D eigenvalue weighted by Gasteiger charge is -2.39. The third-order valence-corrected chi connectivity index (χ3v) is 3.88. The van der Waals surface area contributed by atoms with Gasteiger partial charge in [0.05, 0.1) is 25.3 Å². The molecule has 3 rings (SSSR count). The summed E-state index contributed by atoms with van der Waals surface area (Å²) in [5, 5.41) is 3.95. The van der Waals surface area contributed by atoms with Crippen LogP contribution < -0.4 is 4.74 Å². The number of para-hydroxylation sites is 1. The van der Waals surface area contributed by atoms with Crippen molar-refractivity contribution in [2.75, 3.05) is 40.5 Å². The van der Waals surface area contributed by atoms with Crippen molar-refractivity contribution in [3.05, 3.63) is 30.1 Å². The highest BCUT2D eigenvalue weighted by Crippen LogP contribution is 2.30. The van der Waals surface area contributed by atoms with Crippen molar-refractivity contribution in [2.24, 2.45) is 0 Å². The minimum Gasteiger partial charge on any atom is -0.486 e. The first-order chi connectivity index (χ1) is 12.2. The third kappa shape index (κ3) is 4.15. The van der Waals surface area contributed by atoms with E-state index in [-0.39, 0.29) is 18.6 Å². The summed E-state index contributed by atoms with van der Waals surface area (Å²) in [7, 11) is 3.14. The number of aromatic nitrogens is 2. The lowest BCUT2D eigenvalue weighted by molar-refractivity contribution is -0.143. The highest BCUT2D eigenvalue weighted by molar-refractivity contribution is 5.78. The Bertz CT molecular complexity index is 712. The fourth-order valence-electron chi connectivity index (χ4n) is 2.51. The zero-order chi connectivity index (χ0) is 17.6. The Balaban J connectivity index is 1.64. The zero-order valence-electron chi connectivity index (χ0n) is 14.3. The van der Waals surface area contributed by atoms with Crippen LogP contribution in [0.15, 0.2) is 28.8 Å². The molecule has 0 spiro atoms. The first-order valence-corrected chi connectivity index (χ1v) is 8.05. The fraction of sp³-hybridized carbons (Fsp3) is 0.471. The van der Waals surface area contributed by atoms with Gasteiger partial charge < -0.3 is 23.6 Å². The van der Waals surface area contributed by atoms with E-state index in [1.807, 2.05) is 24.3 Å². The average Bonchev–Trinajstić information content (AvgIpc) is 3.05. The highest BCUT2D eigenvalue weighted by Gasteiger charge is 2.32. The van der Waals surface area contributed by atoms with E-state index in [0.717, 1.165) is 5.56 Å². The first-order valence-electron chi connectivity index (χ1n) is 8.05. The molecule has 0 radical (unpaired) electrons. The summed E-state index contributed by atoms with van der Waals surface area (Å²) in [6.07, 6.45) is 0.528. The molecule has 0 bridgehead atoms. The summed E-state index contributed by atoms with van der Waals surface area (Å²) in [6, 6.07) is 7.49. The van der Waals surface area contributed by atoms with E-state index in [4.69, 9.17) is 18.7 Å². The zero-order valence-corrected chi connectivity index (χ0v) is 14.3. The molecule has 2 aromatic rings. The van der Waals surface area contributed by atoms with Gasteiger partial charge in [0.15, 0.2) is 5.82 Å². The second-order valence-corrected chi connectivity index (χ2v) is 5.73. The molecule has 2 heterocycles. The number of hydrogen-bond donors (Lipinski definition) is 0. The van der Waals surface area contributed by atoms with Crippen molar-refractivity contribution in [3.8, 4) is 17.2 Å². The van der Waals surface area contributed by atoms with Gasteiger partial charge >= 0.3 is 0 Å². The van der Waals surface area contributed by atoms with E-state index in [0.29, 0.717) is 43.6 Å². The normalized spacial score (nSPS) is 14.4. The lowest BCUT2D eigenvalue weighted by Crippen LogP contribution is -2.57. The number of methoxy groups -OCH3 is 2. The minimum atomic E-state index is -0.0576.